The highest BCUT2D eigenvalue weighted by molar-refractivity contribution is 6.37. The second-order valence-corrected chi connectivity index (χ2v) is 6.90. The lowest BCUT2D eigenvalue weighted by Crippen LogP contribution is -2.23. The van der Waals surface area contributed by atoms with Crippen LogP contribution in [0.5, 0.6) is 0 Å². The van der Waals surface area contributed by atoms with Crippen LogP contribution >= 0.6 is 23.2 Å². The maximum atomic E-state index is 13.2. The minimum atomic E-state index is -0.319. The van der Waals surface area contributed by atoms with Crippen LogP contribution in [-0.4, -0.2) is 9.55 Å². The summed E-state index contributed by atoms with van der Waals surface area (Å²) >= 11 is 12.7. The van der Waals surface area contributed by atoms with Gasteiger partial charge in [0.05, 0.1) is 26.6 Å². The summed E-state index contributed by atoms with van der Waals surface area (Å²) in [6, 6.07) is 18.1. The summed E-state index contributed by atoms with van der Waals surface area (Å²) in [6.07, 6.45) is 3.43. The molecule has 0 saturated heterocycles. The van der Waals surface area contributed by atoms with Crippen LogP contribution in [0.3, 0.4) is 0 Å². The molecular formula is C22H13Cl2FN2O. The molecule has 1 aromatic heterocycles. The van der Waals surface area contributed by atoms with Crippen LogP contribution in [0, 0.1) is 5.82 Å². The van der Waals surface area contributed by atoms with Gasteiger partial charge in [-0.1, -0.05) is 59.6 Å². The summed E-state index contributed by atoms with van der Waals surface area (Å²) in [5, 5.41) is 1.13. The molecule has 4 aromatic rings. The molecule has 0 saturated carbocycles. The average molecular weight is 411 g/mol. The second kappa shape index (κ2) is 7.58. The Morgan fingerprint density at radius 1 is 0.857 bits per heavy atom. The van der Waals surface area contributed by atoms with Crippen molar-refractivity contribution in [3.05, 3.63) is 104 Å². The van der Waals surface area contributed by atoms with Crippen LogP contribution < -0.4 is 5.56 Å². The van der Waals surface area contributed by atoms with Gasteiger partial charge in [-0.05, 0) is 48.0 Å². The number of hydrogen-bond acceptors (Lipinski definition) is 2. The molecule has 0 aliphatic heterocycles. The van der Waals surface area contributed by atoms with Gasteiger partial charge in [0.1, 0.15) is 11.6 Å². The van der Waals surface area contributed by atoms with E-state index in [4.69, 9.17) is 23.2 Å². The fraction of sp³-hybridized carbons (Fsp3) is 0. The Balaban J connectivity index is 1.99. The predicted molar refractivity (Wildman–Crippen MR) is 113 cm³/mol. The van der Waals surface area contributed by atoms with Crippen molar-refractivity contribution in [3.63, 3.8) is 0 Å². The number of halogens is 3. The van der Waals surface area contributed by atoms with Crippen molar-refractivity contribution >= 4 is 46.3 Å². The first kappa shape index (κ1) is 18.4. The highest BCUT2D eigenvalue weighted by atomic mass is 35.5. The Hall–Kier alpha value is -2.95. The minimum Gasteiger partial charge on any atom is -0.268 e. The van der Waals surface area contributed by atoms with Crippen LogP contribution in [-0.2, 0) is 0 Å². The zero-order valence-electron chi connectivity index (χ0n) is 14.4. The fourth-order valence-corrected chi connectivity index (χ4v) is 3.49. The van der Waals surface area contributed by atoms with E-state index in [-0.39, 0.29) is 11.4 Å². The zero-order valence-corrected chi connectivity index (χ0v) is 16.0. The molecule has 138 valence electrons. The lowest BCUT2D eigenvalue weighted by Gasteiger charge is -2.14. The van der Waals surface area contributed by atoms with E-state index in [0.717, 1.165) is 5.56 Å². The van der Waals surface area contributed by atoms with E-state index in [0.29, 0.717) is 32.5 Å². The first-order valence-electron chi connectivity index (χ1n) is 8.44. The van der Waals surface area contributed by atoms with Gasteiger partial charge in [0.15, 0.2) is 0 Å². The molecule has 0 bridgehead atoms. The topological polar surface area (TPSA) is 34.9 Å². The van der Waals surface area contributed by atoms with E-state index < -0.39 is 0 Å². The van der Waals surface area contributed by atoms with Gasteiger partial charge >= 0.3 is 0 Å². The first-order valence-corrected chi connectivity index (χ1v) is 9.20. The molecule has 0 unspecified atom stereocenters. The quantitative estimate of drug-likeness (QED) is 0.414. The summed E-state index contributed by atoms with van der Waals surface area (Å²) in [7, 11) is 0. The van der Waals surface area contributed by atoms with E-state index in [2.05, 4.69) is 4.98 Å². The molecule has 0 atom stereocenters. The van der Waals surface area contributed by atoms with Gasteiger partial charge in [-0.25, -0.2) is 9.37 Å². The average Bonchev–Trinajstić information content (AvgIpc) is 2.69. The van der Waals surface area contributed by atoms with E-state index in [1.54, 1.807) is 60.7 Å². The lowest BCUT2D eigenvalue weighted by atomic mass is 10.2. The van der Waals surface area contributed by atoms with E-state index in [1.165, 1.54) is 16.7 Å². The molecule has 0 radical (unpaired) electrons. The number of rotatable bonds is 3. The monoisotopic (exact) mass is 410 g/mol. The number of benzene rings is 3. The predicted octanol–water partition coefficient (Wildman–Crippen LogP) is 6.00. The SMILES string of the molecule is O=c1c2ccccc2nc(/C=C/c2ccc(F)cc2)n1-c1c(Cl)cccc1Cl. The summed E-state index contributed by atoms with van der Waals surface area (Å²) in [6.45, 7) is 0. The van der Waals surface area contributed by atoms with E-state index in [1.807, 2.05) is 6.07 Å². The van der Waals surface area contributed by atoms with Crippen LogP contribution in [0.2, 0.25) is 10.0 Å². The number of aromatic nitrogens is 2. The van der Waals surface area contributed by atoms with Crippen molar-refractivity contribution < 1.29 is 4.39 Å². The van der Waals surface area contributed by atoms with Crippen LogP contribution in [0.1, 0.15) is 11.4 Å². The molecule has 0 aliphatic carbocycles. The van der Waals surface area contributed by atoms with Crippen molar-refractivity contribution in [1.29, 1.82) is 0 Å². The van der Waals surface area contributed by atoms with Crippen LogP contribution in [0.25, 0.3) is 28.7 Å². The second-order valence-electron chi connectivity index (χ2n) is 6.08. The molecule has 3 nitrogen and oxygen atoms in total. The Bertz CT molecular complexity index is 1240. The molecule has 0 amide bonds. The van der Waals surface area contributed by atoms with E-state index in [9.17, 15) is 9.18 Å². The Kier molecular flexibility index (Phi) is 4.99. The summed E-state index contributed by atoms with van der Waals surface area (Å²) < 4.78 is 14.5. The van der Waals surface area contributed by atoms with Crippen molar-refractivity contribution in [1.82, 2.24) is 9.55 Å². The van der Waals surface area contributed by atoms with Crippen molar-refractivity contribution in [2.75, 3.05) is 0 Å². The van der Waals surface area contributed by atoms with Crippen molar-refractivity contribution in [2.45, 2.75) is 0 Å². The number of para-hydroxylation sites is 2. The number of fused-ring (bicyclic) bond motifs is 1. The maximum Gasteiger partial charge on any atom is 0.266 e. The van der Waals surface area contributed by atoms with Crippen molar-refractivity contribution in [2.24, 2.45) is 0 Å². The van der Waals surface area contributed by atoms with Crippen LogP contribution in [0.4, 0.5) is 4.39 Å². The van der Waals surface area contributed by atoms with Gasteiger partial charge in [0.25, 0.3) is 5.56 Å². The molecule has 1 heterocycles. The Labute approximate surface area is 170 Å². The van der Waals surface area contributed by atoms with Gasteiger partial charge < -0.3 is 0 Å². The molecule has 0 fully saturated rings. The maximum absolute atomic E-state index is 13.2. The molecule has 28 heavy (non-hydrogen) atoms. The van der Waals surface area contributed by atoms with Gasteiger partial charge in [-0.15, -0.1) is 0 Å². The van der Waals surface area contributed by atoms with Gasteiger partial charge in [-0.2, -0.15) is 0 Å². The summed E-state index contributed by atoms with van der Waals surface area (Å²) in [5.74, 6) is 0.0452. The lowest BCUT2D eigenvalue weighted by molar-refractivity contribution is 0.628. The number of hydrogen-bond donors (Lipinski definition) is 0. The third-order valence-electron chi connectivity index (χ3n) is 4.26. The molecule has 0 aliphatic rings. The Morgan fingerprint density at radius 3 is 2.25 bits per heavy atom. The molecule has 0 N–H and O–H groups in total. The van der Waals surface area contributed by atoms with Gasteiger partial charge in [0.2, 0.25) is 0 Å². The third kappa shape index (κ3) is 3.44. The van der Waals surface area contributed by atoms with E-state index >= 15 is 0 Å². The standard InChI is InChI=1S/C22H13Cl2FN2O/c23-17-5-3-6-18(24)21(17)27-20(13-10-14-8-11-15(25)12-9-14)26-19-7-2-1-4-16(19)22(27)28/h1-13H/b13-10+. The molecular weight excluding hydrogens is 398 g/mol. The molecule has 3 aromatic carbocycles. The van der Waals surface area contributed by atoms with Crippen molar-refractivity contribution in [3.8, 4) is 5.69 Å². The molecule has 0 spiro atoms. The largest absolute Gasteiger partial charge is 0.268 e. The smallest absolute Gasteiger partial charge is 0.266 e. The highest BCUT2D eigenvalue weighted by Crippen LogP contribution is 2.29. The first-order chi connectivity index (χ1) is 13.5. The molecule has 6 heteroatoms. The van der Waals surface area contributed by atoms with Crippen LogP contribution in [0.15, 0.2) is 71.5 Å². The summed E-state index contributed by atoms with van der Waals surface area (Å²) in [4.78, 5) is 17.8. The highest BCUT2D eigenvalue weighted by Gasteiger charge is 2.16. The fourth-order valence-electron chi connectivity index (χ4n) is 2.93. The normalized spacial score (nSPS) is 11.4. The third-order valence-corrected chi connectivity index (χ3v) is 4.87. The van der Waals surface area contributed by atoms with Gasteiger partial charge in [-0.3, -0.25) is 9.36 Å². The molecule has 4 rings (SSSR count). The summed E-state index contributed by atoms with van der Waals surface area (Å²) in [5.41, 5.74) is 1.42. The Morgan fingerprint density at radius 2 is 1.54 bits per heavy atom. The number of nitrogens with zero attached hydrogens (tertiary/aromatic N) is 2. The van der Waals surface area contributed by atoms with Gasteiger partial charge in [0, 0.05) is 0 Å². The minimum absolute atomic E-state index is 0.278. The zero-order chi connectivity index (χ0) is 19.7.